The topological polar surface area (TPSA) is 30.5 Å². The fourth-order valence-electron chi connectivity index (χ4n) is 1.85. The van der Waals surface area contributed by atoms with Gasteiger partial charge in [-0.15, -0.1) is 0 Å². The minimum absolute atomic E-state index is 0.295. The summed E-state index contributed by atoms with van der Waals surface area (Å²) in [6.45, 7) is 0.432. The third-order valence-corrected chi connectivity index (χ3v) is 3.19. The van der Waals surface area contributed by atoms with Crippen molar-refractivity contribution in [1.82, 2.24) is 0 Å². The van der Waals surface area contributed by atoms with Gasteiger partial charge in [-0.2, -0.15) is 0 Å². The summed E-state index contributed by atoms with van der Waals surface area (Å²) in [6, 6.07) is 10.1. The van der Waals surface area contributed by atoms with Gasteiger partial charge in [-0.3, -0.25) is 0 Å². The predicted molar refractivity (Wildman–Crippen MR) is 78.3 cm³/mol. The van der Waals surface area contributed by atoms with Crippen LogP contribution in [-0.4, -0.2) is 14.2 Å². The van der Waals surface area contributed by atoms with Crippen molar-refractivity contribution in [3.8, 4) is 11.5 Å². The lowest BCUT2D eigenvalue weighted by atomic mass is 10.2. The van der Waals surface area contributed by atoms with E-state index in [1.807, 2.05) is 12.1 Å². The van der Waals surface area contributed by atoms with Crippen LogP contribution in [0.3, 0.4) is 0 Å². The zero-order chi connectivity index (χ0) is 14.5. The normalized spacial score (nSPS) is 10.2. The third-order valence-electron chi connectivity index (χ3n) is 2.88. The van der Waals surface area contributed by atoms with Gasteiger partial charge in [-0.1, -0.05) is 23.7 Å². The Morgan fingerprint density at radius 3 is 2.50 bits per heavy atom. The lowest BCUT2D eigenvalue weighted by Crippen LogP contribution is -2.02. The van der Waals surface area contributed by atoms with Gasteiger partial charge in [0.2, 0.25) is 0 Å². The van der Waals surface area contributed by atoms with Crippen LogP contribution in [-0.2, 0) is 6.54 Å². The molecule has 0 aliphatic heterocycles. The van der Waals surface area contributed by atoms with E-state index in [0.717, 1.165) is 5.56 Å². The first kappa shape index (κ1) is 14.5. The molecule has 0 radical (unpaired) electrons. The minimum atomic E-state index is -0.377. The van der Waals surface area contributed by atoms with Gasteiger partial charge >= 0.3 is 0 Å². The number of methoxy groups -OCH3 is 2. The van der Waals surface area contributed by atoms with Gasteiger partial charge in [0.05, 0.1) is 24.9 Å². The molecular weight excluding hydrogens is 281 g/mol. The summed E-state index contributed by atoms with van der Waals surface area (Å²) < 4.78 is 24.0. The van der Waals surface area contributed by atoms with Crippen LogP contribution in [0.15, 0.2) is 36.4 Å². The number of rotatable bonds is 5. The first-order chi connectivity index (χ1) is 9.65. The third kappa shape index (κ3) is 3.14. The molecule has 3 nitrogen and oxygen atoms in total. The van der Waals surface area contributed by atoms with Gasteiger partial charge in [0.15, 0.2) is 11.5 Å². The number of benzene rings is 2. The monoisotopic (exact) mass is 295 g/mol. The summed E-state index contributed by atoms with van der Waals surface area (Å²) >= 11 is 5.95. The Bertz CT molecular complexity index is 584. The summed E-state index contributed by atoms with van der Waals surface area (Å²) in [6.07, 6.45) is 0. The number of nitrogens with one attached hydrogen (secondary N) is 1. The van der Waals surface area contributed by atoms with Crippen molar-refractivity contribution in [3.05, 3.63) is 52.8 Å². The zero-order valence-electron chi connectivity index (χ0n) is 11.2. The Hall–Kier alpha value is -1.94. The maximum absolute atomic E-state index is 13.6. The number of halogens is 2. The quantitative estimate of drug-likeness (QED) is 0.900. The summed E-state index contributed by atoms with van der Waals surface area (Å²) in [5, 5.41) is 3.34. The number of para-hydroxylation sites is 1. The Morgan fingerprint density at radius 2 is 1.85 bits per heavy atom. The summed E-state index contributed by atoms with van der Waals surface area (Å²) in [7, 11) is 3.15. The number of anilines is 1. The minimum Gasteiger partial charge on any atom is -0.493 e. The average Bonchev–Trinajstić information content (AvgIpc) is 2.46. The van der Waals surface area contributed by atoms with E-state index in [2.05, 4.69) is 5.32 Å². The molecule has 2 aromatic carbocycles. The highest BCUT2D eigenvalue weighted by atomic mass is 35.5. The highest BCUT2D eigenvalue weighted by Crippen LogP contribution is 2.29. The number of hydrogen-bond donors (Lipinski definition) is 1. The number of hydrogen-bond acceptors (Lipinski definition) is 3. The van der Waals surface area contributed by atoms with E-state index in [4.69, 9.17) is 21.1 Å². The summed E-state index contributed by atoms with van der Waals surface area (Å²) in [4.78, 5) is 0. The van der Waals surface area contributed by atoms with Gasteiger partial charge in [-0.25, -0.2) is 4.39 Å². The van der Waals surface area contributed by atoms with Crippen LogP contribution in [0.1, 0.15) is 5.56 Å². The van der Waals surface area contributed by atoms with Crippen molar-refractivity contribution >= 4 is 17.3 Å². The molecule has 2 aromatic rings. The lowest BCUT2D eigenvalue weighted by molar-refractivity contribution is 0.354. The maximum Gasteiger partial charge on any atom is 0.161 e. The van der Waals surface area contributed by atoms with Crippen LogP contribution in [0.5, 0.6) is 11.5 Å². The lowest BCUT2D eigenvalue weighted by Gasteiger charge is -2.12. The van der Waals surface area contributed by atoms with Crippen LogP contribution in [0, 0.1) is 5.82 Å². The second-order valence-electron chi connectivity index (χ2n) is 4.14. The number of ether oxygens (including phenoxy) is 2. The van der Waals surface area contributed by atoms with Crippen molar-refractivity contribution in [3.63, 3.8) is 0 Å². The van der Waals surface area contributed by atoms with Crippen molar-refractivity contribution in [2.45, 2.75) is 6.54 Å². The van der Waals surface area contributed by atoms with Crippen LogP contribution in [0.2, 0.25) is 5.02 Å². The highest BCUT2D eigenvalue weighted by molar-refractivity contribution is 6.33. The fourth-order valence-corrected chi connectivity index (χ4v) is 2.08. The fraction of sp³-hybridized carbons (Fsp3) is 0.200. The Labute approximate surface area is 122 Å². The van der Waals surface area contributed by atoms with Gasteiger partial charge in [-0.05, 0) is 29.8 Å². The van der Waals surface area contributed by atoms with Crippen LogP contribution >= 0.6 is 11.6 Å². The van der Waals surface area contributed by atoms with E-state index < -0.39 is 0 Å². The van der Waals surface area contributed by atoms with Crippen LogP contribution < -0.4 is 14.8 Å². The molecule has 0 saturated carbocycles. The van der Waals surface area contributed by atoms with E-state index in [-0.39, 0.29) is 5.82 Å². The molecule has 0 heterocycles. The molecule has 20 heavy (non-hydrogen) atoms. The molecule has 0 atom stereocenters. The van der Waals surface area contributed by atoms with E-state index in [1.54, 1.807) is 32.4 Å². The van der Waals surface area contributed by atoms with Gasteiger partial charge < -0.3 is 14.8 Å². The Morgan fingerprint density at radius 1 is 1.10 bits per heavy atom. The zero-order valence-corrected chi connectivity index (χ0v) is 12.0. The van der Waals surface area contributed by atoms with Crippen molar-refractivity contribution < 1.29 is 13.9 Å². The van der Waals surface area contributed by atoms with E-state index in [9.17, 15) is 4.39 Å². The second-order valence-corrected chi connectivity index (χ2v) is 4.55. The van der Waals surface area contributed by atoms with Crippen LogP contribution in [0.25, 0.3) is 0 Å². The molecule has 0 amide bonds. The molecule has 1 N–H and O–H groups in total. The van der Waals surface area contributed by atoms with Crippen molar-refractivity contribution in [2.24, 2.45) is 0 Å². The predicted octanol–water partition coefficient (Wildman–Crippen LogP) is 4.11. The molecule has 0 saturated heterocycles. The molecule has 106 valence electrons. The first-order valence-corrected chi connectivity index (χ1v) is 6.42. The maximum atomic E-state index is 13.6. The SMILES string of the molecule is COc1ccc(CNc2c(F)cccc2Cl)cc1OC. The summed E-state index contributed by atoms with van der Waals surface area (Å²) in [5.41, 5.74) is 1.23. The molecule has 0 bridgehead atoms. The molecule has 0 aliphatic carbocycles. The molecule has 0 fully saturated rings. The molecule has 0 unspecified atom stereocenters. The van der Waals surface area contributed by atoms with Gasteiger partial charge in [0, 0.05) is 6.54 Å². The average molecular weight is 296 g/mol. The van der Waals surface area contributed by atoms with E-state index >= 15 is 0 Å². The summed E-state index contributed by atoms with van der Waals surface area (Å²) in [5.74, 6) is 0.907. The van der Waals surface area contributed by atoms with Gasteiger partial charge in [0.1, 0.15) is 5.82 Å². The second kappa shape index (κ2) is 6.48. The van der Waals surface area contributed by atoms with Crippen molar-refractivity contribution in [2.75, 3.05) is 19.5 Å². The smallest absolute Gasteiger partial charge is 0.161 e. The molecular formula is C15H15ClFNO2. The molecule has 0 aromatic heterocycles. The molecule has 2 rings (SSSR count). The van der Waals surface area contributed by atoms with Crippen molar-refractivity contribution in [1.29, 1.82) is 0 Å². The Balaban J connectivity index is 2.15. The molecule has 0 aliphatic rings. The standard InChI is InChI=1S/C15H15ClFNO2/c1-19-13-7-6-10(8-14(13)20-2)9-18-15-11(16)4-3-5-12(15)17/h3-8,18H,9H2,1-2H3. The van der Waals surface area contributed by atoms with Crippen LogP contribution in [0.4, 0.5) is 10.1 Å². The van der Waals surface area contributed by atoms with E-state index in [0.29, 0.717) is 28.8 Å². The first-order valence-electron chi connectivity index (χ1n) is 6.04. The van der Waals surface area contributed by atoms with E-state index in [1.165, 1.54) is 6.07 Å². The largest absolute Gasteiger partial charge is 0.493 e. The van der Waals surface area contributed by atoms with Gasteiger partial charge in [0.25, 0.3) is 0 Å². The molecule has 0 spiro atoms. The Kier molecular flexibility index (Phi) is 4.69. The highest BCUT2D eigenvalue weighted by Gasteiger charge is 2.08. The molecule has 5 heteroatoms.